The molecule has 3 aliphatic carbocycles. The number of amides is 12. The summed E-state index contributed by atoms with van der Waals surface area (Å²) in [5, 5.41) is 7.87. The molecular weight excluding hydrogens is 1330 g/mol. The molecule has 31 heteroatoms. The van der Waals surface area contributed by atoms with Crippen LogP contribution in [0, 0.1) is 29.4 Å². The Labute approximate surface area is 586 Å². The first-order valence-corrected chi connectivity index (χ1v) is 35.3. The summed E-state index contributed by atoms with van der Waals surface area (Å²) < 4.78 is 104. The number of carbonyl (C=O) groups excluding carboxylic acids is 12. The summed E-state index contributed by atoms with van der Waals surface area (Å²) in [6.45, 7) is 2.16. The fourth-order valence-electron chi connectivity index (χ4n) is 15.1. The van der Waals surface area contributed by atoms with E-state index in [1.807, 2.05) is 0 Å². The maximum atomic E-state index is 16.1. The third-order valence-electron chi connectivity index (χ3n) is 21.6. The molecule has 3 saturated carbocycles. The largest absolute Gasteiger partial charge is 0.422 e. The second kappa shape index (κ2) is 33.9. The van der Waals surface area contributed by atoms with Crippen LogP contribution >= 0.6 is 0 Å². The van der Waals surface area contributed by atoms with Gasteiger partial charge in [-0.15, -0.1) is 0 Å². The molecule has 562 valence electrons. The Morgan fingerprint density at radius 2 is 1.29 bits per heavy atom. The van der Waals surface area contributed by atoms with Gasteiger partial charge < -0.3 is 60.0 Å². The molecule has 0 aromatic heterocycles. The quantitative estimate of drug-likeness (QED) is 0.205. The van der Waals surface area contributed by atoms with Gasteiger partial charge in [-0.25, -0.2) is 17.6 Å². The Bertz CT molecular complexity index is 3260. The van der Waals surface area contributed by atoms with Crippen molar-refractivity contribution in [2.75, 3.05) is 82.6 Å². The minimum atomic E-state index is -5.47. The molecule has 3 heterocycles. The molecule has 3 N–H and O–H groups in total. The normalized spacial score (nSPS) is 27.8. The molecule has 3 aliphatic heterocycles. The number of halogens is 7. The maximum Gasteiger partial charge on any atom is 0.422 e. The number of aryl methyl sites for hydroxylation is 1. The molecule has 2 bridgehead atoms. The van der Waals surface area contributed by atoms with Crippen LogP contribution in [-0.4, -0.2) is 257 Å². The highest BCUT2D eigenvalue weighted by Crippen LogP contribution is 2.41. The molecule has 7 rings (SSSR count). The van der Waals surface area contributed by atoms with E-state index >= 15 is 41.5 Å². The van der Waals surface area contributed by atoms with Gasteiger partial charge in [-0.1, -0.05) is 84.3 Å². The standard InChI is InChI=1S/C70H101F7N12O12/c1-12-41(3)57-65(99)83(7)39-55(92)85(9)49-27-18-15-21-32-88(64(49)98)51(35-42-23-16-14-17-24-42)63(97)82(6)38-53(90)78-47(29-28-43-33-45(71)56(46(72)34-43)70(75,76)77)61(95)89-40-69(73,74)37-52(89)60(94)80-68(30-22-31-68)67(101)87(11)58(44-25-19-20-26-44)66(100)86(10)50(62(96)81(4)5)36-54(91)84(8)48(13-2)59(93)79-57/h15,18,33-34,41-42,44,47-52,57-58H,12-14,16-17,19-32,35-40H2,1-11H3,(H,78,90)(H,79,93)(H,80,94)/b18-15-/t41-,47+,48-,49-,50-,51-,52-,57-,58-/m0/s1. The van der Waals surface area contributed by atoms with Gasteiger partial charge in [0.1, 0.15) is 71.1 Å². The van der Waals surface area contributed by atoms with Gasteiger partial charge >= 0.3 is 6.18 Å². The van der Waals surface area contributed by atoms with Crippen molar-refractivity contribution in [1.82, 2.24) is 60.0 Å². The Kier molecular flexibility index (Phi) is 27.0. The molecule has 1 aromatic carbocycles. The monoisotopic (exact) mass is 1430 g/mol. The average Bonchev–Trinajstić information content (AvgIpc) is 1.73. The summed E-state index contributed by atoms with van der Waals surface area (Å²) >= 11 is 0. The van der Waals surface area contributed by atoms with Gasteiger partial charge in [0.05, 0.1) is 26.1 Å². The van der Waals surface area contributed by atoms with Crippen molar-refractivity contribution in [3.05, 3.63) is 47.0 Å². The zero-order valence-corrected chi connectivity index (χ0v) is 59.9. The number of hydrogen-bond acceptors (Lipinski definition) is 12. The van der Waals surface area contributed by atoms with Gasteiger partial charge in [-0.2, -0.15) is 13.2 Å². The minimum absolute atomic E-state index is 0.00342. The van der Waals surface area contributed by atoms with Crippen molar-refractivity contribution in [1.29, 1.82) is 0 Å². The number of fused-ring (bicyclic) bond motifs is 3. The predicted molar refractivity (Wildman–Crippen MR) is 355 cm³/mol. The van der Waals surface area contributed by atoms with E-state index in [9.17, 15) is 46.7 Å². The van der Waals surface area contributed by atoms with E-state index in [1.165, 1.54) is 61.3 Å². The Morgan fingerprint density at radius 1 is 0.673 bits per heavy atom. The first kappa shape index (κ1) is 80.4. The Balaban J connectivity index is 1.31. The maximum absolute atomic E-state index is 16.1. The SMILES string of the molecule is CC[C@H](C)[C@@H]1NC(=O)[C@H](CC)N(C)C(=O)C[C@@H](C(=O)N(C)C)N(C)C(=O)[C@H](C2CCCC2)N(C)C(=O)C2(CCC2)NC(=O)[C@@H]2CC(F)(F)CN2C(=O)[C@@H](CCc2cc(F)c(C(F)(F)F)c(F)c2)NC(=O)CN(C)C(=O)[C@H](CC2CCCCC2)N2CC/C=C\C[C@@H](C2=O)N(C)C(=O)CN(C)C1=O. The second-order valence-corrected chi connectivity index (χ2v) is 28.9. The molecule has 6 aliphatic rings. The average molecular weight is 1440 g/mol. The van der Waals surface area contributed by atoms with Gasteiger partial charge in [0.15, 0.2) is 0 Å². The van der Waals surface area contributed by atoms with Crippen LogP contribution in [-0.2, 0) is 70.1 Å². The van der Waals surface area contributed by atoms with Crippen LogP contribution in [0.2, 0.25) is 0 Å². The summed E-state index contributed by atoms with van der Waals surface area (Å²) in [6, 6.07) is -11.3. The fraction of sp³-hybridized carbons (Fsp3) is 0.714. The van der Waals surface area contributed by atoms with Crippen LogP contribution in [0.4, 0.5) is 30.7 Å². The summed E-state index contributed by atoms with van der Waals surface area (Å²) in [5.74, 6) is -19.4. The van der Waals surface area contributed by atoms with Crippen LogP contribution < -0.4 is 16.0 Å². The van der Waals surface area contributed by atoms with Crippen LogP contribution in [0.25, 0.3) is 0 Å². The number of carbonyl (C=O) groups is 12. The summed E-state index contributed by atoms with van der Waals surface area (Å²) in [6.07, 6.45) is 1.49. The smallest absolute Gasteiger partial charge is 0.347 e. The minimum Gasteiger partial charge on any atom is -0.347 e. The fourth-order valence-corrected chi connectivity index (χ4v) is 15.1. The molecule has 101 heavy (non-hydrogen) atoms. The van der Waals surface area contributed by atoms with Crippen molar-refractivity contribution in [2.24, 2.45) is 17.8 Å². The second-order valence-electron chi connectivity index (χ2n) is 28.9. The molecule has 5 fully saturated rings. The van der Waals surface area contributed by atoms with Crippen LogP contribution in [0.5, 0.6) is 0 Å². The zero-order chi connectivity index (χ0) is 74.9. The number of nitrogens with one attached hydrogen (secondary N) is 3. The third kappa shape index (κ3) is 18.9. The summed E-state index contributed by atoms with van der Waals surface area (Å²) in [5.41, 5.74) is -4.53. The van der Waals surface area contributed by atoms with E-state index < -0.39 is 217 Å². The number of likely N-dealkylation sites (N-methyl/N-ethyl adjacent to an activating group) is 7. The number of benzene rings is 1. The number of hydrogen-bond donors (Lipinski definition) is 3. The van der Waals surface area contributed by atoms with Crippen molar-refractivity contribution in [2.45, 2.75) is 222 Å². The molecular formula is C70H101F7N12O12. The van der Waals surface area contributed by atoms with Gasteiger partial charge in [-0.05, 0) is 106 Å². The van der Waals surface area contributed by atoms with E-state index in [-0.39, 0.29) is 51.0 Å². The molecule has 1 spiro atoms. The molecule has 9 atom stereocenters. The topological polar surface area (TPSA) is 270 Å². The Hall–Kier alpha value is -7.89. The Morgan fingerprint density at radius 3 is 1.86 bits per heavy atom. The highest BCUT2D eigenvalue weighted by atomic mass is 19.4. The lowest BCUT2D eigenvalue weighted by atomic mass is 9.74. The van der Waals surface area contributed by atoms with Crippen molar-refractivity contribution in [3.8, 4) is 0 Å². The first-order chi connectivity index (χ1) is 47.4. The van der Waals surface area contributed by atoms with E-state index in [1.54, 1.807) is 32.9 Å². The van der Waals surface area contributed by atoms with Gasteiger partial charge in [0.2, 0.25) is 70.9 Å². The molecule has 24 nitrogen and oxygen atoms in total. The number of alkyl halides is 5. The third-order valence-corrected chi connectivity index (χ3v) is 21.6. The van der Waals surface area contributed by atoms with Crippen molar-refractivity contribution in [3.63, 3.8) is 0 Å². The van der Waals surface area contributed by atoms with E-state index in [2.05, 4.69) is 16.0 Å². The van der Waals surface area contributed by atoms with Crippen LogP contribution in [0.3, 0.4) is 0 Å². The van der Waals surface area contributed by atoms with Gasteiger partial charge in [0, 0.05) is 69.3 Å². The number of nitrogens with zero attached hydrogens (tertiary/aromatic N) is 9. The van der Waals surface area contributed by atoms with Gasteiger partial charge in [0.25, 0.3) is 5.92 Å². The summed E-state index contributed by atoms with van der Waals surface area (Å²) in [7, 11) is 10.7. The molecule has 1 aromatic rings. The highest BCUT2D eigenvalue weighted by Gasteiger charge is 2.56. The first-order valence-electron chi connectivity index (χ1n) is 35.3. The lowest BCUT2D eigenvalue weighted by Gasteiger charge is -2.46. The zero-order valence-electron chi connectivity index (χ0n) is 59.9. The van der Waals surface area contributed by atoms with E-state index in [0.29, 0.717) is 68.4 Å². The molecule has 2 saturated heterocycles. The van der Waals surface area contributed by atoms with Crippen LogP contribution in [0.15, 0.2) is 24.3 Å². The lowest BCUT2D eigenvalue weighted by molar-refractivity contribution is -0.157. The molecule has 12 amide bonds. The van der Waals surface area contributed by atoms with Gasteiger partial charge in [-0.3, -0.25) is 57.5 Å². The lowest BCUT2D eigenvalue weighted by Crippen LogP contribution is -2.68. The van der Waals surface area contributed by atoms with Crippen molar-refractivity contribution >= 4 is 70.9 Å². The van der Waals surface area contributed by atoms with E-state index in [4.69, 9.17) is 0 Å². The van der Waals surface area contributed by atoms with Crippen molar-refractivity contribution < 1.29 is 88.3 Å². The predicted octanol–water partition coefficient (Wildman–Crippen LogP) is 5.04. The van der Waals surface area contributed by atoms with E-state index in [0.717, 1.165) is 53.6 Å². The summed E-state index contributed by atoms with van der Waals surface area (Å²) in [4.78, 5) is 188. The highest BCUT2D eigenvalue weighted by molar-refractivity contribution is 6.01. The number of rotatable bonds is 10. The van der Waals surface area contributed by atoms with Crippen LogP contribution in [0.1, 0.15) is 160 Å². The molecule has 0 radical (unpaired) electrons. The molecule has 0 unspecified atom stereocenters.